The molecule has 0 N–H and O–H groups in total. The van der Waals surface area contributed by atoms with E-state index < -0.39 is 11.7 Å². The second-order valence-corrected chi connectivity index (χ2v) is 4.74. The molecule has 0 bridgehead atoms. The van der Waals surface area contributed by atoms with Crippen molar-refractivity contribution in [3.05, 3.63) is 47.8 Å². The lowest BCUT2D eigenvalue weighted by atomic mass is 10.1. The van der Waals surface area contributed by atoms with Crippen LogP contribution in [0.2, 0.25) is 0 Å². The lowest BCUT2D eigenvalue weighted by molar-refractivity contribution is -0.137. The zero-order valence-electron chi connectivity index (χ0n) is 11.3. The van der Waals surface area contributed by atoms with E-state index in [9.17, 15) is 13.2 Å². The Balaban J connectivity index is 2.18. The molecule has 0 spiro atoms. The first-order valence-electron chi connectivity index (χ1n) is 6.73. The first kappa shape index (κ1) is 14.6. The fourth-order valence-electron chi connectivity index (χ4n) is 2.10. The minimum atomic E-state index is -4.30. The van der Waals surface area contributed by atoms with Crippen LogP contribution in [-0.2, 0) is 12.6 Å². The number of alkyl halides is 3. The third-order valence-electron chi connectivity index (χ3n) is 3.20. The Kier molecular flexibility index (Phi) is 4.47. The lowest BCUT2D eigenvalue weighted by Gasteiger charge is -2.10. The maximum Gasteiger partial charge on any atom is 0.416 e. The summed E-state index contributed by atoms with van der Waals surface area (Å²) in [7, 11) is 0. The van der Waals surface area contributed by atoms with Crippen LogP contribution >= 0.6 is 0 Å². The van der Waals surface area contributed by atoms with Crippen LogP contribution in [0.5, 0.6) is 0 Å². The summed E-state index contributed by atoms with van der Waals surface area (Å²) in [4.78, 5) is 0. The quantitative estimate of drug-likeness (QED) is 0.731. The first-order valence-corrected chi connectivity index (χ1v) is 6.73. The van der Waals surface area contributed by atoms with Gasteiger partial charge >= 0.3 is 6.18 Å². The average Bonchev–Trinajstić information content (AvgIpc) is 2.87. The standard InChI is InChI=1S/C15H17F3N2/c1-2-3-4-5-13-10-11-19-20(13)14-8-6-12(7-9-14)15(16,17)18/h6-11H,2-5H2,1H3. The van der Waals surface area contributed by atoms with E-state index in [-0.39, 0.29) is 0 Å². The molecule has 0 aliphatic rings. The molecule has 0 saturated heterocycles. The fraction of sp³-hybridized carbons (Fsp3) is 0.400. The number of halogens is 3. The topological polar surface area (TPSA) is 17.8 Å². The van der Waals surface area contributed by atoms with Gasteiger partial charge in [0, 0.05) is 11.9 Å². The van der Waals surface area contributed by atoms with Crippen molar-refractivity contribution in [2.45, 2.75) is 38.8 Å². The summed E-state index contributed by atoms with van der Waals surface area (Å²) in [6.07, 6.45) is 1.59. The summed E-state index contributed by atoms with van der Waals surface area (Å²) in [5.41, 5.74) is 1.05. The first-order chi connectivity index (χ1) is 9.52. The van der Waals surface area contributed by atoms with Crippen molar-refractivity contribution in [3.8, 4) is 5.69 Å². The predicted octanol–water partition coefficient (Wildman–Crippen LogP) is 4.62. The highest BCUT2D eigenvalue weighted by atomic mass is 19.4. The molecule has 2 aromatic rings. The fourth-order valence-corrected chi connectivity index (χ4v) is 2.10. The molecule has 108 valence electrons. The van der Waals surface area contributed by atoms with Gasteiger partial charge in [-0.15, -0.1) is 0 Å². The Labute approximate surface area is 116 Å². The maximum atomic E-state index is 12.5. The molecule has 0 unspecified atom stereocenters. The van der Waals surface area contributed by atoms with Crippen LogP contribution in [0.15, 0.2) is 36.5 Å². The van der Waals surface area contributed by atoms with Gasteiger partial charge in [-0.1, -0.05) is 19.8 Å². The number of aromatic nitrogens is 2. The van der Waals surface area contributed by atoms with Crippen LogP contribution in [0.4, 0.5) is 13.2 Å². The minimum absolute atomic E-state index is 0.638. The van der Waals surface area contributed by atoms with E-state index in [0.29, 0.717) is 5.69 Å². The van der Waals surface area contributed by atoms with Gasteiger partial charge in [-0.3, -0.25) is 0 Å². The summed E-state index contributed by atoms with van der Waals surface area (Å²) in [5, 5.41) is 4.19. The number of nitrogens with zero attached hydrogens (tertiary/aromatic N) is 2. The molecule has 0 fully saturated rings. The van der Waals surface area contributed by atoms with Crippen LogP contribution in [0.25, 0.3) is 5.69 Å². The zero-order chi connectivity index (χ0) is 14.6. The Bertz CT molecular complexity index is 541. The van der Waals surface area contributed by atoms with Crippen molar-refractivity contribution in [2.24, 2.45) is 0 Å². The van der Waals surface area contributed by atoms with E-state index in [2.05, 4.69) is 12.0 Å². The van der Waals surface area contributed by atoms with E-state index in [1.165, 1.54) is 12.1 Å². The van der Waals surface area contributed by atoms with Gasteiger partial charge in [-0.2, -0.15) is 18.3 Å². The molecule has 0 atom stereocenters. The molecule has 0 amide bonds. The summed E-state index contributed by atoms with van der Waals surface area (Å²) >= 11 is 0. The molecule has 1 aromatic heterocycles. The van der Waals surface area contributed by atoms with E-state index in [0.717, 1.165) is 43.5 Å². The van der Waals surface area contributed by atoms with Gasteiger partial charge in [0.25, 0.3) is 0 Å². The van der Waals surface area contributed by atoms with E-state index >= 15 is 0 Å². The number of benzene rings is 1. The number of aryl methyl sites for hydroxylation is 1. The van der Waals surface area contributed by atoms with Gasteiger partial charge in [0.1, 0.15) is 0 Å². The van der Waals surface area contributed by atoms with Crippen molar-refractivity contribution in [1.29, 1.82) is 0 Å². The van der Waals surface area contributed by atoms with Gasteiger partial charge in [-0.05, 0) is 43.2 Å². The van der Waals surface area contributed by atoms with E-state index in [1.807, 2.05) is 6.07 Å². The van der Waals surface area contributed by atoms with Crippen molar-refractivity contribution >= 4 is 0 Å². The third kappa shape index (κ3) is 3.40. The number of rotatable bonds is 5. The van der Waals surface area contributed by atoms with Gasteiger partial charge in [0.2, 0.25) is 0 Å². The van der Waals surface area contributed by atoms with Gasteiger partial charge in [0.05, 0.1) is 11.3 Å². The molecule has 0 aliphatic carbocycles. The number of hydrogen-bond donors (Lipinski definition) is 0. The smallest absolute Gasteiger partial charge is 0.238 e. The average molecular weight is 282 g/mol. The maximum absolute atomic E-state index is 12.5. The lowest BCUT2D eigenvalue weighted by Crippen LogP contribution is -2.06. The molecule has 2 rings (SSSR count). The van der Waals surface area contributed by atoms with E-state index in [4.69, 9.17) is 0 Å². The Morgan fingerprint density at radius 2 is 1.75 bits per heavy atom. The molecule has 0 saturated carbocycles. The Morgan fingerprint density at radius 3 is 2.35 bits per heavy atom. The highest BCUT2D eigenvalue weighted by Gasteiger charge is 2.30. The second-order valence-electron chi connectivity index (χ2n) is 4.74. The van der Waals surface area contributed by atoms with Gasteiger partial charge in [0.15, 0.2) is 0 Å². The summed E-state index contributed by atoms with van der Waals surface area (Å²) in [6, 6.07) is 7.01. The normalized spacial score (nSPS) is 11.8. The van der Waals surface area contributed by atoms with Crippen LogP contribution in [-0.4, -0.2) is 9.78 Å². The molecule has 0 radical (unpaired) electrons. The molecule has 2 nitrogen and oxygen atoms in total. The number of unbranched alkanes of at least 4 members (excludes halogenated alkanes) is 2. The van der Waals surface area contributed by atoms with Crippen LogP contribution < -0.4 is 0 Å². The van der Waals surface area contributed by atoms with Crippen molar-refractivity contribution < 1.29 is 13.2 Å². The summed E-state index contributed by atoms with van der Waals surface area (Å²) in [5.74, 6) is 0. The van der Waals surface area contributed by atoms with Crippen molar-refractivity contribution in [1.82, 2.24) is 9.78 Å². The highest BCUT2D eigenvalue weighted by molar-refractivity contribution is 5.36. The monoisotopic (exact) mass is 282 g/mol. The SMILES string of the molecule is CCCCCc1ccnn1-c1ccc(C(F)(F)F)cc1. The molecule has 5 heteroatoms. The predicted molar refractivity (Wildman–Crippen MR) is 71.8 cm³/mol. The Hall–Kier alpha value is -1.78. The van der Waals surface area contributed by atoms with Crippen molar-refractivity contribution in [3.63, 3.8) is 0 Å². The molecular formula is C15H17F3N2. The third-order valence-corrected chi connectivity index (χ3v) is 3.20. The van der Waals surface area contributed by atoms with Crippen LogP contribution in [0.1, 0.15) is 37.4 Å². The van der Waals surface area contributed by atoms with Crippen LogP contribution in [0, 0.1) is 0 Å². The van der Waals surface area contributed by atoms with Gasteiger partial charge in [-0.25, -0.2) is 4.68 Å². The Morgan fingerprint density at radius 1 is 1.05 bits per heavy atom. The van der Waals surface area contributed by atoms with Crippen LogP contribution in [0.3, 0.4) is 0 Å². The molecule has 1 aromatic carbocycles. The van der Waals surface area contributed by atoms with Crippen molar-refractivity contribution in [2.75, 3.05) is 0 Å². The molecule has 20 heavy (non-hydrogen) atoms. The van der Waals surface area contributed by atoms with Gasteiger partial charge < -0.3 is 0 Å². The largest absolute Gasteiger partial charge is 0.416 e. The molecular weight excluding hydrogens is 265 g/mol. The molecule has 1 heterocycles. The summed E-state index contributed by atoms with van der Waals surface area (Å²) in [6.45, 7) is 2.13. The highest BCUT2D eigenvalue weighted by Crippen LogP contribution is 2.29. The number of hydrogen-bond acceptors (Lipinski definition) is 1. The summed E-state index contributed by atoms with van der Waals surface area (Å²) < 4.78 is 39.3. The zero-order valence-corrected chi connectivity index (χ0v) is 11.3. The molecule has 0 aliphatic heterocycles. The second kappa shape index (κ2) is 6.11. The van der Waals surface area contributed by atoms with E-state index in [1.54, 1.807) is 10.9 Å². The minimum Gasteiger partial charge on any atom is -0.238 e.